The smallest absolute Gasteiger partial charge is 0.341 e. The number of pyridine rings is 1. The number of halogens is 1. The van der Waals surface area contributed by atoms with E-state index < -0.39 is 5.97 Å². The molecular formula is C31H25BrN2O5S. The summed E-state index contributed by atoms with van der Waals surface area (Å²) in [6.45, 7) is 1.95. The molecule has 5 aromatic rings. The summed E-state index contributed by atoms with van der Waals surface area (Å²) in [4.78, 5) is 31.7. The summed E-state index contributed by atoms with van der Waals surface area (Å²) in [6.07, 6.45) is 0. The molecule has 1 amide bonds. The topological polar surface area (TPSA) is 86.8 Å². The Morgan fingerprint density at radius 3 is 2.17 bits per heavy atom. The standard InChI is InChI=1S/C31H25BrN2O5S/c1-4-39-31(36)28-25(18-5-10-21(37-2)11-6-18)17-40-30(28)34-29(35)24-16-27(19-7-12-22(38-3)13-8-19)33-26-14-9-20(32)15-23(24)26/h5-17H,4H2,1-3H3,(H,34,35). The highest BCUT2D eigenvalue weighted by molar-refractivity contribution is 9.10. The van der Waals surface area contributed by atoms with Crippen LogP contribution in [0.3, 0.4) is 0 Å². The number of carbonyl (C=O) groups excluding carboxylic acids is 2. The molecule has 0 aliphatic carbocycles. The van der Waals surface area contributed by atoms with E-state index in [0.717, 1.165) is 21.3 Å². The number of anilines is 1. The van der Waals surface area contributed by atoms with Crippen molar-refractivity contribution in [1.82, 2.24) is 4.98 Å². The zero-order chi connectivity index (χ0) is 28.2. The van der Waals surface area contributed by atoms with Gasteiger partial charge in [0, 0.05) is 26.4 Å². The van der Waals surface area contributed by atoms with E-state index in [-0.39, 0.29) is 12.5 Å². The number of carbonyl (C=O) groups is 2. The molecule has 0 fully saturated rings. The van der Waals surface area contributed by atoms with E-state index in [9.17, 15) is 9.59 Å². The lowest BCUT2D eigenvalue weighted by molar-refractivity contribution is 0.0529. The number of thiophene rings is 1. The molecule has 0 unspecified atom stereocenters. The zero-order valence-corrected chi connectivity index (χ0v) is 24.4. The van der Waals surface area contributed by atoms with E-state index in [4.69, 9.17) is 19.2 Å². The first-order chi connectivity index (χ1) is 19.4. The van der Waals surface area contributed by atoms with Crippen LogP contribution >= 0.6 is 27.3 Å². The van der Waals surface area contributed by atoms with Gasteiger partial charge in [-0.1, -0.05) is 28.1 Å². The lowest BCUT2D eigenvalue weighted by atomic mass is 10.0. The van der Waals surface area contributed by atoms with E-state index in [1.54, 1.807) is 27.2 Å². The number of methoxy groups -OCH3 is 2. The van der Waals surface area contributed by atoms with Crippen LogP contribution in [-0.4, -0.2) is 37.7 Å². The fraction of sp³-hybridized carbons (Fsp3) is 0.129. The summed E-state index contributed by atoms with van der Waals surface area (Å²) >= 11 is 4.78. The van der Waals surface area contributed by atoms with E-state index in [0.29, 0.717) is 44.0 Å². The van der Waals surface area contributed by atoms with Gasteiger partial charge in [0.2, 0.25) is 0 Å². The number of amides is 1. The highest BCUT2D eigenvalue weighted by Gasteiger charge is 2.24. The molecule has 0 radical (unpaired) electrons. The predicted molar refractivity (Wildman–Crippen MR) is 162 cm³/mol. The van der Waals surface area contributed by atoms with Crippen molar-refractivity contribution in [2.24, 2.45) is 0 Å². The Morgan fingerprint density at radius 2 is 1.55 bits per heavy atom. The van der Waals surface area contributed by atoms with Crippen LogP contribution in [0.25, 0.3) is 33.3 Å². The lowest BCUT2D eigenvalue weighted by Crippen LogP contribution is -2.15. The van der Waals surface area contributed by atoms with Gasteiger partial charge in [0.05, 0.1) is 37.6 Å². The Bertz CT molecular complexity index is 1700. The van der Waals surface area contributed by atoms with E-state index in [2.05, 4.69) is 21.2 Å². The molecule has 1 N–H and O–H groups in total. The third kappa shape index (κ3) is 5.57. The summed E-state index contributed by atoms with van der Waals surface area (Å²) in [7, 11) is 3.21. The van der Waals surface area contributed by atoms with Crippen LogP contribution in [0.5, 0.6) is 11.5 Å². The van der Waals surface area contributed by atoms with Crippen molar-refractivity contribution in [3.63, 3.8) is 0 Å². The quantitative estimate of drug-likeness (QED) is 0.179. The summed E-state index contributed by atoms with van der Waals surface area (Å²) in [6, 6.07) is 22.2. The van der Waals surface area contributed by atoms with Crippen LogP contribution in [0, 0.1) is 0 Å². The van der Waals surface area contributed by atoms with Gasteiger partial charge in [-0.25, -0.2) is 9.78 Å². The number of esters is 1. The fourth-order valence-corrected chi connectivity index (χ4v) is 5.62. The second kappa shape index (κ2) is 11.9. The maximum Gasteiger partial charge on any atom is 0.341 e. The highest BCUT2D eigenvalue weighted by atomic mass is 79.9. The van der Waals surface area contributed by atoms with Gasteiger partial charge in [0.25, 0.3) is 5.91 Å². The van der Waals surface area contributed by atoms with Gasteiger partial charge >= 0.3 is 5.97 Å². The SMILES string of the molecule is CCOC(=O)c1c(-c2ccc(OC)cc2)csc1NC(=O)c1cc(-c2ccc(OC)cc2)nc2ccc(Br)cc12. The van der Waals surface area contributed by atoms with Crippen LogP contribution in [0.2, 0.25) is 0 Å². The second-order valence-corrected chi connectivity index (χ2v) is 10.5. The van der Waals surface area contributed by atoms with Crippen molar-refractivity contribution < 1.29 is 23.8 Å². The number of benzene rings is 3. The average Bonchev–Trinajstić information content (AvgIpc) is 3.40. The molecule has 9 heteroatoms. The molecule has 3 aromatic carbocycles. The number of nitrogens with zero attached hydrogens (tertiary/aromatic N) is 1. The second-order valence-electron chi connectivity index (χ2n) is 8.70. The Kier molecular flexibility index (Phi) is 8.14. The number of rotatable bonds is 8. The molecule has 5 rings (SSSR count). The third-order valence-electron chi connectivity index (χ3n) is 6.30. The van der Waals surface area contributed by atoms with Crippen molar-refractivity contribution in [1.29, 1.82) is 0 Å². The van der Waals surface area contributed by atoms with Gasteiger partial charge in [-0.15, -0.1) is 11.3 Å². The van der Waals surface area contributed by atoms with Crippen LogP contribution in [0.15, 0.2) is 82.6 Å². The van der Waals surface area contributed by atoms with Crippen molar-refractivity contribution in [3.8, 4) is 33.9 Å². The molecule has 0 aliphatic heterocycles. The van der Waals surface area contributed by atoms with E-state index in [1.165, 1.54) is 11.3 Å². The highest BCUT2D eigenvalue weighted by Crippen LogP contribution is 2.38. The number of aromatic nitrogens is 1. The molecule has 202 valence electrons. The van der Waals surface area contributed by atoms with Crippen molar-refractivity contribution in [3.05, 3.63) is 93.8 Å². The first-order valence-electron chi connectivity index (χ1n) is 12.4. The minimum atomic E-state index is -0.508. The minimum Gasteiger partial charge on any atom is -0.497 e. The van der Waals surface area contributed by atoms with Gasteiger partial charge in [-0.2, -0.15) is 0 Å². The van der Waals surface area contributed by atoms with Crippen LogP contribution in [0.4, 0.5) is 5.00 Å². The molecule has 0 aliphatic rings. The average molecular weight is 618 g/mol. The molecule has 2 aromatic heterocycles. The summed E-state index contributed by atoms with van der Waals surface area (Å²) in [5.41, 5.74) is 4.34. The Hall–Kier alpha value is -4.21. The van der Waals surface area contributed by atoms with Crippen molar-refractivity contribution in [2.45, 2.75) is 6.92 Å². The van der Waals surface area contributed by atoms with Gasteiger partial charge in [0.15, 0.2) is 0 Å². The lowest BCUT2D eigenvalue weighted by Gasteiger charge is -2.12. The molecule has 40 heavy (non-hydrogen) atoms. The molecule has 0 spiro atoms. The molecule has 7 nitrogen and oxygen atoms in total. The Morgan fingerprint density at radius 1 is 0.900 bits per heavy atom. The number of nitrogens with one attached hydrogen (secondary N) is 1. The molecular weight excluding hydrogens is 592 g/mol. The summed E-state index contributed by atoms with van der Waals surface area (Å²) in [5, 5.41) is 5.90. The minimum absolute atomic E-state index is 0.207. The number of hydrogen-bond donors (Lipinski definition) is 1. The number of ether oxygens (including phenoxy) is 3. The molecule has 0 saturated carbocycles. The molecule has 0 saturated heterocycles. The maximum atomic E-state index is 13.8. The first kappa shape index (κ1) is 27.4. The van der Waals surface area contributed by atoms with Crippen LogP contribution in [0.1, 0.15) is 27.6 Å². The molecule has 0 atom stereocenters. The predicted octanol–water partition coefficient (Wildman–Crippen LogP) is 7.84. The van der Waals surface area contributed by atoms with Gasteiger partial charge in [0.1, 0.15) is 22.1 Å². The maximum absolute atomic E-state index is 13.8. The zero-order valence-electron chi connectivity index (χ0n) is 22.0. The summed E-state index contributed by atoms with van der Waals surface area (Å²) in [5.74, 6) is 0.553. The van der Waals surface area contributed by atoms with Gasteiger partial charge < -0.3 is 19.5 Å². The van der Waals surface area contributed by atoms with E-state index in [1.807, 2.05) is 72.1 Å². The molecule has 0 bridgehead atoms. The number of fused-ring (bicyclic) bond motifs is 1. The van der Waals surface area contributed by atoms with E-state index >= 15 is 0 Å². The normalized spacial score (nSPS) is 10.8. The third-order valence-corrected chi connectivity index (χ3v) is 7.69. The van der Waals surface area contributed by atoms with Gasteiger partial charge in [-0.05, 0) is 73.2 Å². The fourth-order valence-electron chi connectivity index (χ4n) is 4.30. The summed E-state index contributed by atoms with van der Waals surface area (Å²) < 4.78 is 16.7. The first-order valence-corrected chi connectivity index (χ1v) is 14.1. The molecule has 2 heterocycles. The Balaban J connectivity index is 1.57. The van der Waals surface area contributed by atoms with Crippen molar-refractivity contribution >= 4 is 55.0 Å². The van der Waals surface area contributed by atoms with Crippen molar-refractivity contribution in [2.75, 3.05) is 26.1 Å². The van der Waals surface area contributed by atoms with Crippen LogP contribution < -0.4 is 14.8 Å². The Labute approximate surface area is 243 Å². The number of hydrogen-bond acceptors (Lipinski definition) is 7. The monoisotopic (exact) mass is 616 g/mol. The largest absolute Gasteiger partial charge is 0.497 e. The van der Waals surface area contributed by atoms with Gasteiger partial charge in [-0.3, -0.25) is 4.79 Å². The van der Waals surface area contributed by atoms with Crippen LogP contribution in [-0.2, 0) is 4.74 Å².